The molecule has 0 fully saturated rings. The standard InChI is InChI=1S/C18H15BrN2O3/c19-14(10-13-6-2-1-3-7-13)11-20-21-18(22)17-12-23-15-8-4-5-9-16(15)24-17/h1-11,17H,12H2,(H,21,22)/b14-10-,20-11?/t17-/m1/s1. The van der Waals surface area contributed by atoms with Gasteiger partial charge in [0, 0.05) is 4.48 Å². The molecule has 0 unspecified atom stereocenters. The molecule has 0 bridgehead atoms. The SMILES string of the molecule is O=C(NN=C/C(Br)=C/c1ccccc1)[C@H]1COc2ccccc2O1. The van der Waals surface area contributed by atoms with Crippen LogP contribution in [0, 0.1) is 0 Å². The molecule has 1 amide bonds. The molecule has 1 heterocycles. The fraction of sp³-hybridized carbons (Fsp3) is 0.111. The van der Waals surface area contributed by atoms with E-state index in [0.29, 0.717) is 11.5 Å². The summed E-state index contributed by atoms with van der Waals surface area (Å²) in [5.41, 5.74) is 3.48. The number of carbonyl (C=O) groups is 1. The van der Waals surface area contributed by atoms with E-state index in [1.807, 2.05) is 48.5 Å². The Labute approximate surface area is 148 Å². The molecule has 0 saturated heterocycles. The van der Waals surface area contributed by atoms with Crippen molar-refractivity contribution in [2.75, 3.05) is 6.61 Å². The molecular formula is C18H15BrN2O3. The smallest absolute Gasteiger partial charge is 0.284 e. The Morgan fingerprint density at radius 1 is 1.12 bits per heavy atom. The van der Waals surface area contributed by atoms with Gasteiger partial charge in [0.05, 0.1) is 6.21 Å². The van der Waals surface area contributed by atoms with Crippen LogP contribution in [0.4, 0.5) is 0 Å². The Hall–Kier alpha value is -2.60. The molecule has 6 heteroatoms. The van der Waals surface area contributed by atoms with Crippen LogP contribution in [0.25, 0.3) is 6.08 Å². The molecule has 0 aliphatic carbocycles. The highest BCUT2D eigenvalue weighted by Crippen LogP contribution is 2.30. The van der Waals surface area contributed by atoms with Gasteiger partial charge in [-0.2, -0.15) is 5.10 Å². The summed E-state index contributed by atoms with van der Waals surface area (Å²) in [6.45, 7) is 0.152. The molecule has 1 atom stereocenters. The highest BCUT2D eigenvalue weighted by Gasteiger charge is 2.26. The van der Waals surface area contributed by atoms with Gasteiger partial charge in [-0.3, -0.25) is 4.79 Å². The lowest BCUT2D eigenvalue weighted by Crippen LogP contribution is -2.42. The second-order valence-corrected chi connectivity index (χ2v) is 5.95. The molecule has 2 aromatic rings. The van der Waals surface area contributed by atoms with Crippen molar-refractivity contribution in [2.45, 2.75) is 6.10 Å². The molecule has 24 heavy (non-hydrogen) atoms. The number of carbonyl (C=O) groups excluding carboxylic acids is 1. The summed E-state index contributed by atoms with van der Waals surface area (Å²) in [7, 11) is 0. The van der Waals surface area contributed by atoms with Crippen LogP contribution in [0.1, 0.15) is 5.56 Å². The average Bonchev–Trinajstić information content (AvgIpc) is 2.62. The first-order valence-corrected chi connectivity index (χ1v) is 8.15. The largest absolute Gasteiger partial charge is 0.485 e. The Morgan fingerprint density at radius 3 is 2.62 bits per heavy atom. The van der Waals surface area contributed by atoms with Crippen LogP contribution in [-0.2, 0) is 4.79 Å². The Kier molecular flexibility index (Phi) is 5.28. The van der Waals surface area contributed by atoms with E-state index in [4.69, 9.17) is 9.47 Å². The third kappa shape index (κ3) is 4.23. The first-order chi connectivity index (χ1) is 11.7. The first kappa shape index (κ1) is 16.3. The predicted octanol–water partition coefficient (Wildman–Crippen LogP) is 3.36. The van der Waals surface area contributed by atoms with Gasteiger partial charge >= 0.3 is 0 Å². The summed E-state index contributed by atoms with van der Waals surface area (Å²) in [6, 6.07) is 17.0. The van der Waals surface area contributed by atoms with Crippen molar-refractivity contribution in [3.63, 3.8) is 0 Å². The van der Waals surface area contributed by atoms with Gasteiger partial charge in [0.25, 0.3) is 5.91 Å². The van der Waals surface area contributed by atoms with Gasteiger partial charge in [0.2, 0.25) is 6.10 Å². The average molecular weight is 387 g/mol. The molecule has 1 aliphatic rings. The molecule has 1 aliphatic heterocycles. The zero-order valence-corrected chi connectivity index (χ0v) is 14.3. The van der Waals surface area contributed by atoms with Gasteiger partial charge in [-0.15, -0.1) is 0 Å². The first-order valence-electron chi connectivity index (χ1n) is 7.36. The third-order valence-corrected chi connectivity index (χ3v) is 3.70. The molecule has 122 valence electrons. The fourth-order valence-corrected chi connectivity index (χ4v) is 2.49. The number of nitrogens with zero attached hydrogens (tertiary/aromatic N) is 1. The van der Waals surface area contributed by atoms with Crippen LogP contribution in [0.2, 0.25) is 0 Å². The Morgan fingerprint density at radius 2 is 1.83 bits per heavy atom. The van der Waals surface area contributed by atoms with Gasteiger partial charge < -0.3 is 9.47 Å². The van der Waals surface area contributed by atoms with E-state index < -0.39 is 6.10 Å². The lowest BCUT2D eigenvalue weighted by atomic mass is 10.2. The number of hydrazone groups is 1. The number of fused-ring (bicyclic) bond motifs is 1. The van der Waals surface area contributed by atoms with Gasteiger partial charge in [0.1, 0.15) is 6.61 Å². The van der Waals surface area contributed by atoms with Crippen LogP contribution < -0.4 is 14.9 Å². The number of para-hydroxylation sites is 2. The quantitative estimate of drug-likeness (QED) is 0.647. The summed E-state index contributed by atoms with van der Waals surface area (Å²) in [5.74, 6) is 0.831. The van der Waals surface area contributed by atoms with Crippen molar-refractivity contribution in [3.8, 4) is 11.5 Å². The number of hydrogen-bond donors (Lipinski definition) is 1. The number of nitrogens with one attached hydrogen (secondary N) is 1. The van der Waals surface area contributed by atoms with E-state index in [9.17, 15) is 4.79 Å². The minimum Gasteiger partial charge on any atom is -0.485 e. The fourth-order valence-electron chi connectivity index (χ4n) is 2.12. The van der Waals surface area contributed by atoms with Gasteiger partial charge in [0.15, 0.2) is 11.5 Å². The summed E-state index contributed by atoms with van der Waals surface area (Å²) in [4.78, 5) is 12.1. The van der Waals surface area contributed by atoms with Crippen molar-refractivity contribution in [1.82, 2.24) is 5.43 Å². The van der Waals surface area contributed by atoms with Crippen LogP contribution in [-0.4, -0.2) is 24.8 Å². The highest BCUT2D eigenvalue weighted by molar-refractivity contribution is 9.12. The van der Waals surface area contributed by atoms with Crippen LogP contribution in [0.15, 0.2) is 64.2 Å². The molecule has 1 N–H and O–H groups in total. The zero-order chi connectivity index (χ0) is 16.8. The summed E-state index contributed by atoms with van der Waals surface area (Å²) in [5, 5.41) is 3.92. The normalized spacial score (nSPS) is 16.9. The third-order valence-electron chi connectivity index (χ3n) is 3.27. The second kappa shape index (κ2) is 7.79. The van der Waals surface area contributed by atoms with E-state index >= 15 is 0 Å². The molecule has 5 nitrogen and oxygen atoms in total. The van der Waals surface area contributed by atoms with Crippen LogP contribution in [0.5, 0.6) is 11.5 Å². The van der Waals surface area contributed by atoms with Crippen molar-refractivity contribution in [2.24, 2.45) is 5.10 Å². The number of ether oxygens (including phenoxy) is 2. The molecule has 0 radical (unpaired) electrons. The summed E-state index contributed by atoms with van der Waals surface area (Å²) >= 11 is 3.39. The maximum absolute atomic E-state index is 12.1. The number of amides is 1. The zero-order valence-electron chi connectivity index (χ0n) is 12.7. The van der Waals surface area contributed by atoms with Crippen LogP contribution >= 0.6 is 15.9 Å². The molecular weight excluding hydrogens is 372 g/mol. The van der Waals surface area contributed by atoms with Gasteiger partial charge in [-0.25, -0.2) is 5.43 Å². The number of rotatable bonds is 4. The number of benzene rings is 2. The lowest BCUT2D eigenvalue weighted by molar-refractivity contribution is -0.130. The molecule has 0 aromatic heterocycles. The van der Waals surface area contributed by atoms with E-state index in [0.717, 1.165) is 10.0 Å². The topological polar surface area (TPSA) is 59.9 Å². The van der Waals surface area contributed by atoms with E-state index in [1.54, 1.807) is 12.1 Å². The van der Waals surface area contributed by atoms with E-state index in [-0.39, 0.29) is 12.5 Å². The van der Waals surface area contributed by atoms with E-state index in [1.165, 1.54) is 6.21 Å². The predicted molar refractivity (Wildman–Crippen MR) is 96.3 cm³/mol. The minimum atomic E-state index is -0.728. The highest BCUT2D eigenvalue weighted by atomic mass is 79.9. The maximum Gasteiger partial charge on any atom is 0.284 e. The van der Waals surface area contributed by atoms with Crippen molar-refractivity contribution in [1.29, 1.82) is 0 Å². The lowest BCUT2D eigenvalue weighted by Gasteiger charge is -2.24. The van der Waals surface area contributed by atoms with Gasteiger partial charge in [-0.05, 0) is 39.7 Å². The number of hydrogen-bond acceptors (Lipinski definition) is 4. The molecule has 0 saturated carbocycles. The summed E-state index contributed by atoms with van der Waals surface area (Å²) in [6.07, 6.45) is 2.68. The van der Waals surface area contributed by atoms with Crippen LogP contribution in [0.3, 0.4) is 0 Å². The Bertz CT molecular complexity index is 775. The van der Waals surface area contributed by atoms with Crippen molar-refractivity contribution >= 4 is 34.1 Å². The summed E-state index contributed by atoms with van der Waals surface area (Å²) < 4.78 is 11.9. The van der Waals surface area contributed by atoms with Crippen molar-refractivity contribution in [3.05, 3.63) is 64.6 Å². The Balaban J connectivity index is 1.55. The molecule has 0 spiro atoms. The maximum atomic E-state index is 12.1. The molecule has 2 aromatic carbocycles. The number of allylic oxidation sites excluding steroid dienone is 1. The molecule has 3 rings (SSSR count). The van der Waals surface area contributed by atoms with E-state index in [2.05, 4.69) is 26.5 Å². The minimum absolute atomic E-state index is 0.152. The van der Waals surface area contributed by atoms with Gasteiger partial charge in [-0.1, -0.05) is 42.5 Å². The second-order valence-electron chi connectivity index (χ2n) is 5.04. The van der Waals surface area contributed by atoms with Crippen molar-refractivity contribution < 1.29 is 14.3 Å². The number of halogens is 1. The monoisotopic (exact) mass is 386 g/mol.